The van der Waals surface area contributed by atoms with E-state index in [4.69, 9.17) is 9.79 Å². The topological polar surface area (TPSA) is 209 Å². The number of phosphoric ester groups is 1. The van der Waals surface area contributed by atoms with Crippen LogP contribution in [-0.2, 0) is 32.3 Å². The minimum atomic E-state index is -5.29. The third kappa shape index (κ3) is 14.6. The summed E-state index contributed by atoms with van der Waals surface area (Å²) in [7, 11) is -10.4. The number of aliphatic hydroxyl groups is 1. The molecule has 0 saturated heterocycles. The monoisotopic (exact) mass is 506 g/mol. The van der Waals surface area contributed by atoms with Crippen LogP contribution in [0, 0.1) is 5.41 Å². The lowest BCUT2D eigenvalue weighted by atomic mass is 9.87. The maximum atomic E-state index is 12.0. The van der Waals surface area contributed by atoms with E-state index in [1.165, 1.54) is 19.9 Å². The van der Waals surface area contributed by atoms with Crippen molar-refractivity contribution in [1.29, 1.82) is 0 Å². The second-order valence-corrected chi connectivity index (χ2v) is 10.7. The Morgan fingerprint density at radius 3 is 2.29 bits per heavy atom. The van der Waals surface area contributed by atoms with Gasteiger partial charge in [0.15, 0.2) is 0 Å². The first-order chi connectivity index (χ1) is 14.1. The summed E-state index contributed by atoms with van der Waals surface area (Å²) in [5.74, 6) is -0.890. The zero-order valence-electron chi connectivity index (χ0n) is 17.2. The van der Waals surface area contributed by atoms with Gasteiger partial charge in [-0.25, -0.2) is 9.13 Å². The molecule has 0 aliphatic rings. The average molecular weight is 506 g/mol. The van der Waals surface area contributed by atoms with E-state index in [0.29, 0.717) is 5.75 Å². The lowest BCUT2D eigenvalue weighted by molar-refractivity contribution is -0.137. The van der Waals surface area contributed by atoms with Crippen molar-refractivity contribution in [3.05, 3.63) is 12.2 Å². The summed E-state index contributed by atoms with van der Waals surface area (Å²) in [6.45, 7) is 3.71. The van der Waals surface area contributed by atoms with Gasteiger partial charge in [0.2, 0.25) is 16.9 Å². The minimum absolute atomic E-state index is 0.0924. The van der Waals surface area contributed by atoms with Crippen LogP contribution in [-0.4, -0.2) is 68.3 Å². The summed E-state index contributed by atoms with van der Waals surface area (Å²) in [5.41, 5.74) is -1.44. The average Bonchev–Trinajstić information content (AvgIpc) is 2.61. The Labute approximate surface area is 183 Å². The Balaban J connectivity index is 4.34. The molecule has 2 amide bonds. The second kappa shape index (κ2) is 13.5. The van der Waals surface area contributed by atoms with Gasteiger partial charge in [-0.15, -0.1) is 0 Å². The number of rotatable bonds is 14. The van der Waals surface area contributed by atoms with Gasteiger partial charge in [-0.1, -0.05) is 31.7 Å². The van der Waals surface area contributed by atoms with Crippen molar-refractivity contribution in [2.24, 2.45) is 5.41 Å². The summed E-state index contributed by atoms with van der Waals surface area (Å²) in [5, 5.41) is 14.9. The molecule has 0 heterocycles. The van der Waals surface area contributed by atoms with Crippen LogP contribution < -0.4 is 10.6 Å². The lowest BCUT2D eigenvalue weighted by Crippen LogP contribution is -2.46. The molecule has 13 nitrogen and oxygen atoms in total. The molecular weight excluding hydrogens is 478 g/mol. The predicted octanol–water partition coefficient (Wildman–Crippen LogP) is 0.0582. The van der Waals surface area contributed by atoms with Crippen LogP contribution in [0.5, 0.6) is 0 Å². The van der Waals surface area contributed by atoms with Gasteiger partial charge in [0.25, 0.3) is 0 Å². The Hall–Kier alpha value is -1.08. The molecule has 0 radical (unpaired) electrons. The molecule has 6 N–H and O–H groups in total. The van der Waals surface area contributed by atoms with Crippen LogP contribution >= 0.6 is 27.4 Å². The van der Waals surface area contributed by atoms with Crippen molar-refractivity contribution in [1.82, 2.24) is 10.6 Å². The maximum Gasteiger partial charge on any atom is 0.481 e. The molecular formula is C15H28N2O11P2S. The smallest absolute Gasteiger partial charge is 0.383 e. The SMILES string of the molecule is C/C=C/C(=O)SCCNC(=O)CCNC(=O)[C@@H](O)C(C)(C)COP(=O)(O)OP(=O)(O)O. The normalized spacial score (nSPS) is 15.3. The highest BCUT2D eigenvalue weighted by Crippen LogP contribution is 2.58. The number of allylic oxidation sites excluding steroid dienone is 1. The molecule has 0 aromatic carbocycles. The molecule has 2 atom stereocenters. The molecule has 0 aromatic rings. The molecule has 0 bridgehead atoms. The molecule has 180 valence electrons. The number of hydrogen-bond donors (Lipinski definition) is 6. The number of aliphatic hydroxyl groups excluding tert-OH is 1. The molecule has 1 unspecified atom stereocenters. The molecule has 31 heavy (non-hydrogen) atoms. The number of hydrogen-bond acceptors (Lipinski definition) is 9. The second-order valence-electron chi connectivity index (χ2n) is 6.76. The Kier molecular flexibility index (Phi) is 13.0. The number of phosphoric acid groups is 2. The van der Waals surface area contributed by atoms with Crippen molar-refractivity contribution in [2.75, 3.05) is 25.4 Å². The van der Waals surface area contributed by atoms with Crippen molar-refractivity contribution >= 4 is 44.3 Å². The number of amides is 2. The largest absolute Gasteiger partial charge is 0.481 e. The number of thioether (sulfide) groups is 1. The van der Waals surface area contributed by atoms with Gasteiger partial charge in [0.1, 0.15) is 6.10 Å². The molecule has 0 rings (SSSR count). The highest BCUT2D eigenvalue weighted by molar-refractivity contribution is 8.14. The summed E-state index contributed by atoms with van der Waals surface area (Å²) in [4.78, 5) is 61.3. The molecule has 0 aromatic heterocycles. The van der Waals surface area contributed by atoms with E-state index in [0.717, 1.165) is 11.8 Å². The van der Waals surface area contributed by atoms with Gasteiger partial charge in [0, 0.05) is 30.7 Å². The summed E-state index contributed by atoms with van der Waals surface area (Å²) >= 11 is 1.04. The number of carbonyl (C=O) groups excluding carboxylic acids is 3. The fourth-order valence-electron chi connectivity index (χ4n) is 1.85. The molecule has 0 aliphatic carbocycles. The minimum Gasteiger partial charge on any atom is -0.383 e. The maximum absolute atomic E-state index is 12.0. The Morgan fingerprint density at radius 2 is 1.74 bits per heavy atom. The molecule has 0 fully saturated rings. The van der Waals surface area contributed by atoms with Crippen LogP contribution in [0.25, 0.3) is 0 Å². The highest BCUT2D eigenvalue weighted by atomic mass is 32.2. The first-order valence-electron chi connectivity index (χ1n) is 8.86. The van der Waals surface area contributed by atoms with Gasteiger partial charge in [-0.3, -0.25) is 18.9 Å². The summed E-state index contributed by atoms with van der Waals surface area (Å²) in [6, 6.07) is 0. The first kappa shape index (κ1) is 29.9. The van der Waals surface area contributed by atoms with E-state index in [9.17, 15) is 33.5 Å². The summed E-state index contributed by atoms with van der Waals surface area (Å²) in [6.07, 6.45) is 1.19. The fraction of sp³-hybridized carbons (Fsp3) is 0.667. The van der Waals surface area contributed by atoms with Crippen LogP contribution in [0.2, 0.25) is 0 Å². The molecule has 0 spiro atoms. The highest BCUT2D eigenvalue weighted by Gasteiger charge is 2.39. The van der Waals surface area contributed by atoms with Crippen molar-refractivity contribution in [3.8, 4) is 0 Å². The fourth-order valence-corrected chi connectivity index (χ4v) is 4.25. The number of nitrogens with one attached hydrogen (secondary N) is 2. The third-order valence-electron chi connectivity index (χ3n) is 3.42. The lowest BCUT2D eigenvalue weighted by Gasteiger charge is -2.29. The third-order valence-corrected chi connectivity index (χ3v) is 6.38. The van der Waals surface area contributed by atoms with Crippen molar-refractivity contribution < 1.29 is 52.1 Å². The van der Waals surface area contributed by atoms with Gasteiger partial charge in [-0.05, 0) is 13.0 Å². The van der Waals surface area contributed by atoms with E-state index in [-0.39, 0.29) is 30.5 Å². The van der Waals surface area contributed by atoms with Crippen LogP contribution in [0.1, 0.15) is 27.2 Å². The summed E-state index contributed by atoms with van der Waals surface area (Å²) < 4.78 is 30.1. The van der Waals surface area contributed by atoms with E-state index in [2.05, 4.69) is 19.5 Å². The zero-order valence-corrected chi connectivity index (χ0v) is 19.8. The molecule has 0 saturated carbocycles. The Bertz CT molecular complexity index is 753. The van der Waals surface area contributed by atoms with Crippen molar-refractivity contribution in [2.45, 2.75) is 33.3 Å². The van der Waals surface area contributed by atoms with E-state index in [1.807, 2.05) is 0 Å². The van der Waals surface area contributed by atoms with Gasteiger partial charge in [0.05, 0.1) is 6.61 Å². The Morgan fingerprint density at radius 1 is 1.13 bits per heavy atom. The molecule has 16 heteroatoms. The zero-order chi connectivity index (χ0) is 24.3. The van der Waals surface area contributed by atoms with E-state index < -0.39 is 39.7 Å². The predicted molar refractivity (Wildman–Crippen MR) is 112 cm³/mol. The van der Waals surface area contributed by atoms with Crippen molar-refractivity contribution in [3.63, 3.8) is 0 Å². The van der Waals surface area contributed by atoms with Crippen LogP contribution in [0.4, 0.5) is 0 Å². The van der Waals surface area contributed by atoms with Crippen LogP contribution in [0.3, 0.4) is 0 Å². The number of carbonyl (C=O) groups is 3. The van der Waals surface area contributed by atoms with Gasteiger partial charge in [-0.2, -0.15) is 4.31 Å². The standard InChI is InChI=1S/C15H28N2O11P2S/c1-4-5-12(19)31-9-8-16-11(18)6-7-17-14(21)13(20)15(2,3)10-27-30(25,26)28-29(22,23)24/h4-5,13,20H,6-10H2,1-3H3,(H,16,18)(H,17,21)(H,25,26)(H2,22,23,24)/b5-4+/t13-/m1/s1. The van der Waals surface area contributed by atoms with E-state index >= 15 is 0 Å². The quantitative estimate of drug-likeness (QED) is 0.105. The van der Waals surface area contributed by atoms with Gasteiger partial charge < -0.3 is 30.4 Å². The molecule has 0 aliphatic heterocycles. The first-order valence-corrected chi connectivity index (χ1v) is 12.9. The van der Waals surface area contributed by atoms with Crippen LogP contribution in [0.15, 0.2) is 12.2 Å². The van der Waals surface area contributed by atoms with E-state index in [1.54, 1.807) is 13.0 Å². The van der Waals surface area contributed by atoms with Gasteiger partial charge >= 0.3 is 15.6 Å².